The molecule has 1 aromatic heterocycles. The number of carbonyl (C=O) groups is 1. The molecule has 0 aliphatic heterocycles. The molecule has 3 aromatic rings. The van der Waals surface area contributed by atoms with E-state index in [1.165, 1.54) is 0 Å². The molecule has 0 aliphatic rings. The normalized spacial score (nSPS) is 11.3. The van der Waals surface area contributed by atoms with Crippen molar-refractivity contribution in [3.05, 3.63) is 60.5 Å². The molecule has 1 amide bonds. The van der Waals surface area contributed by atoms with Gasteiger partial charge in [0, 0.05) is 17.7 Å². The third-order valence-corrected chi connectivity index (χ3v) is 7.11. The second-order valence-electron chi connectivity index (χ2n) is 6.56. The maximum absolute atomic E-state index is 12.3. The van der Waals surface area contributed by atoms with E-state index in [0.29, 0.717) is 12.8 Å². The monoisotopic (exact) mass is 461 g/mol. The van der Waals surface area contributed by atoms with E-state index < -0.39 is 9.84 Å². The first-order chi connectivity index (χ1) is 15.0. The Labute approximate surface area is 185 Å². The summed E-state index contributed by atoms with van der Waals surface area (Å²) in [5.41, 5.74) is 0. The molecule has 0 fully saturated rings. The molecule has 3 rings (SSSR count). The Kier molecular flexibility index (Phi) is 8.07. The highest BCUT2D eigenvalue weighted by Gasteiger charge is 2.17. The van der Waals surface area contributed by atoms with Crippen LogP contribution in [0.5, 0.6) is 5.75 Å². The molecular weight excluding hydrogens is 438 g/mol. The van der Waals surface area contributed by atoms with Crippen molar-refractivity contribution in [3.63, 3.8) is 0 Å². The summed E-state index contributed by atoms with van der Waals surface area (Å²) in [5, 5.41) is 10.1. The fourth-order valence-electron chi connectivity index (χ4n) is 2.65. The fraction of sp³-hybridized carbons (Fsp3) is 0.286. The van der Waals surface area contributed by atoms with Gasteiger partial charge in [-0.25, -0.2) is 8.42 Å². The highest BCUT2D eigenvalue weighted by Crippen LogP contribution is 2.22. The van der Waals surface area contributed by atoms with E-state index in [2.05, 4.69) is 15.5 Å². The summed E-state index contributed by atoms with van der Waals surface area (Å²) in [6.07, 6.45) is 1.06. The van der Waals surface area contributed by atoms with Crippen molar-refractivity contribution in [1.29, 1.82) is 0 Å². The van der Waals surface area contributed by atoms with Gasteiger partial charge in [-0.1, -0.05) is 23.3 Å². The van der Waals surface area contributed by atoms with Crippen LogP contribution in [0.1, 0.15) is 18.7 Å². The number of hydrogen-bond donors (Lipinski definition) is 1. The molecule has 0 saturated heterocycles. The van der Waals surface area contributed by atoms with Gasteiger partial charge in [0.15, 0.2) is 9.84 Å². The Morgan fingerprint density at radius 3 is 2.55 bits per heavy atom. The van der Waals surface area contributed by atoms with E-state index in [9.17, 15) is 13.2 Å². The maximum atomic E-state index is 12.3. The van der Waals surface area contributed by atoms with Crippen molar-refractivity contribution in [1.82, 2.24) is 10.2 Å². The standard InChI is InChI=1S/C21H23N3O5S2/c1-28-16-9-11-17(12-10-16)30-14-5-8-19(25)22-21-24-23-20(29-21)13-15-31(26,27)18-6-3-2-4-7-18/h2-4,6-7,9-12H,5,8,13-15H2,1H3,(H,22,24,25). The Hall–Kier alpha value is -2.85. The van der Waals surface area contributed by atoms with Crippen LogP contribution in [-0.2, 0) is 21.1 Å². The van der Waals surface area contributed by atoms with E-state index >= 15 is 0 Å². The molecule has 164 valence electrons. The van der Waals surface area contributed by atoms with Gasteiger partial charge in [-0.2, -0.15) is 0 Å². The Morgan fingerprint density at radius 2 is 1.84 bits per heavy atom. The maximum Gasteiger partial charge on any atom is 0.322 e. The first kappa shape index (κ1) is 22.8. The third-order valence-electron chi connectivity index (χ3n) is 4.28. The molecule has 0 atom stereocenters. The van der Waals surface area contributed by atoms with E-state index in [0.717, 1.165) is 16.4 Å². The molecule has 1 N–H and O–H groups in total. The molecule has 0 spiro atoms. The summed E-state index contributed by atoms with van der Waals surface area (Å²) in [7, 11) is -1.81. The number of anilines is 1. The number of nitrogens with one attached hydrogen (secondary N) is 1. The second-order valence-corrected chi connectivity index (χ2v) is 9.84. The lowest BCUT2D eigenvalue weighted by Crippen LogP contribution is -2.11. The number of amides is 1. The minimum Gasteiger partial charge on any atom is -0.497 e. The lowest BCUT2D eigenvalue weighted by atomic mass is 10.3. The van der Waals surface area contributed by atoms with Crippen LogP contribution in [0.25, 0.3) is 0 Å². The van der Waals surface area contributed by atoms with Crippen LogP contribution in [0.4, 0.5) is 6.01 Å². The van der Waals surface area contributed by atoms with Crippen molar-refractivity contribution < 1.29 is 22.4 Å². The highest BCUT2D eigenvalue weighted by atomic mass is 32.2. The van der Waals surface area contributed by atoms with Gasteiger partial charge in [-0.05, 0) is 48.6 Å². The molecular formula is C21H23N3O5S2. The minimum absolute atomic E-state index is 0.0279. The molecule has 0 saturated carbocycles. The summed E-state index contributed by atoms with van der Waals surface area (Å²) in [5.74, 6) is 1.36. The van der Waals surface area contributed by atoms with Crippen LogP contribution in [-0.4, -0.2) is 43.1 Å². The van der Waals surface area contributed by atoms with Gasteiger partial charge < -0.3 is 9.15 Å². The van der Waals surface area contributed by atoms with Gasteiger partial charge in [-0.15, -0.1) is 16.9 Å². The molecule has 10 heteroatoms. The van der Waals surface area contributed by atoms with E-state index in [4.69, 9.17) is 9.15 Å². The average molecular weight is 462 g/mol. The number of aryl methyl sites for hydroxylation is 1. The van der Waals surface area contributed by atoms with Crippen LogP contribution in [0.15, 0.2) is 68.8 Å². The minimum atomic E-state index is -3.44. The summed E-state index contributed by atoms with van der Waals surface area (Å²) >= 11 is 1.66. The zero-order chi connectivity index (χ0) is 22.1. The summed E-state index contributed by atoms with van der Waals surface area (Å²) in [4.78, 5) is 13.4. The zero-order valence-corrected chi connectivity index (χ0v) is 18.6. The van der Waals surface area contributed by atoms with Crippen molar-refractivity contribution >= 4 is 33.5 Å². The smallest absolute Gasteiger partial charge is 0.322 e. The predicted molar refractivity (Wildman–Crippen MR) is 118 cm³/mol. The molecule has 2 aromatic carbocycles. The van der Waals surface area contributed by atoms with Crippen LogP contribution in [0.2, 0.25) is 0 Å². The molecule has 0 unspecified atom stereocenters. The number of rotatable bonds is 11. The fourth-order valence-corrected chi connectivity index (χ4v) is 4.75. The molecule has 31 heavy (non-hydrogen) atoms. The van der Waals surface area contributed by atoms with Crippen LogP contribution in [0.3, 0.4) is 0 Å². The van der Waals surface area contributed by atoms with E-state index in [1.807, 2.05) is 24.3 Å². The third kappa shape index (κ3) is 7.11. The van der Waals surface area contributed by atoms with Crippen molar-refractivity contribution in [2.75, 3.05) is 23.9 Å². The number of thioether (sulfide) groups is 1. The number of benzene rings is 2. The number of methoxy groups -OCH3 is 1. The average Bonchev–Trinajstić information content (AvgIpc) is 3.23. The lowest BCUT2D eigenvalue weighted by molar-refractivity contribution is -0.116. The highest BCUT2D eigenvalue weighted by molar-refractivity contribution is 7.99. The number of hydrogen-bond acceptors (Lipinski definition) is 8. The molecule has 0 bridgehead atoms. The molecule has 8 nitrogen and oxygen atoms in total. The van der Waals surface area contributed by atoms with Gasteiger partial charge in [0.1, 0.15) is 5.75 Å². The summed E-state index contributed by atoms with van der Waals surface area (Å²) < 4.78 is 35.1. The predicted octanol–water partition coefficient (Wildman–Crippen LogP) is 3.61. The Morgan fingerprint density at radius 1 is 1.10 bits per heavy atom. The van der Waals surface area contributed by atoms with E-state index in [-0.39, 0.29) is 34.9 Å². The SMILES string of the molecule is COc1ccc(SCCCC(=O)Nc2nnc(CCS(=O)(=O)c3ccccc3)o2)cc1. The van der Waals surface area contributed by atoms with Gasteiger partial charge in [0.05, 0.1) is 17.8 Å². The van der Waals surface area contributed by atoms with Crippen molar-refractivity contribution in [3.8, 4) is 5.75 Å². The van der Waals surface area contributed by atoms with Crippen LogP contribution >= 0.6 is 11.8 Å². The van der Waals surface area contributed by atoms with Gasteiger partial charge in [0.2, 0.25) is 11.8 Å². The topological polar surface area (TPSA) is 111 Å². The van der Waals surface area contributed by atoms with Gasteiger partial charge in [0.25, 0.3) is 0 Å². The van der Waals surface area contributed by atoms with Crippen molar-refractivity contribution in [2.45, 2.75) is 29.1 Å². The van der Waals surface area contributed by atoms with Crippen LogP contribution in [0, 0.1) is 0 Å². The lowest BCUT2D eigenvalue weighted by Gasteiger charge is -2.04. The Balaban J connectivity index is 1.39. The first-order valence-corrected chi connectivity index (χ1v) is 12.3. The van der Waals surface area contributed by atoms with Gasteiger partial charge in [-0.3, -0.25) is 10.1 Å². The Bertz CT molecular complexity index is 1080. The van der Waals surface area contributed by atoms with Crippen molar-refractivity contribution in [2.24, 2.45) is 0 Å². The number of carbonyl (C=O) groups excluding carboxylic acids is 1. The van der Waals surface area contributed by atoms with E-state index in [1.54, 1.807) is 49.2 Å². The van der Waals surface area contributed by atoms with Crippen LogP contribution < -0.4 is 10.1 Å². The number of ether oxygens (including phenoxy) is 1. The second kappa shape index (κ2) is 11.0. The number of aromatic nitrogens is 2. The summed E-state index contributed by atoms with van der Waals surface area (Å²) in [6, 6.07) is 15.9. The van der Waals surface area contributed by atoms with Gasteiger partial charge >= 0.3 is 6.01 Å². The number of sulfone groups is 1. The molecule has 0 radical (unpaired) electrons. The quantitative estimate of drug-likeness (QED) is 0.340. The molecule has 1 heterocycles. The first-order valence-electron chi connectivity index (χ1n) is 9.63. The number of nitrogens with zero attached hydrogens (tertiary/aromatic N) is 2. The molecule has 0 aliphatic carbocycles. The summed E-state index contributed by atoms with van der Waals surface area (Å²) in [6.45, 7) is 0. The zero-order valence-electron chi connectivity index (χ0n) is 17.0. The largest absolute Gasteiger partial charge is 0.497 e.